The van der Waals surface area contributed by atoms with Gasteiger partial charge in [0, 0.05) is 18.3 Å². The molecular weight excluding hydrogens is 400 g/mol. The first kappa shape index (κ1) is 20.1. The van der Waals surface area contributed by atoms with Crippen molar-refractivity contribution in [2.24, 2.45) is 0 Å². The van der Waals surface area contributed by atoms with Gasteiger partial charge in [-0.15, -0.1) is 0 Å². The second-order valence-electron chi connectivity index (χ2n) is 7.03. The zero-order valence-electron chi connectivity index (χ0n) is 16.3. The van der Waals surface area contributed by atoms with Gasteiger partial charge in [-0.1, -0.05) is 30.3 Å². The Morgan fingerprint density at radius 3 is 2.63 bits per heavy atom. The number of amides is 1. The zero-order chi connectivity index (χ0) is 21.0. The number of hydrogen-bond acceptors (Lipinski definition) is 4. The van der Waals surface area contributed by atoms with Crippen molar-refractivity contribution in [2.75, 3.05) is 11.4 Å². The highest BCUT2D eigenvalue weighted by Gasteiger charge is 2.20. The van der Waals surface area contributed by atoms with E-state index in [1.165, 1.54) is 30.0 Å². The van der Waals surface area contributed by atoms with E-state index in [9.17, 15) is 13.2 Å². The van der Waals surface area contributed by atoms with Gasteiger partial charge < -0.3 is 9.32 Å². The van der Waals surface area contributed by atoms with Gasteiger partial charge in [0.1, 0.15) is 5.76 Å². The Labute approximate surface area is 175 Å². The maximum absolute atomic E-state index is 12.7. The average molecular weight is 423 g/mol. The van der Waals surface area contributed by atoms with E-state index in [-0.39, 0.29) is 17.3 Å². The molecule has 1 aliphatic rings. The summed E-state index contributed by atoms with van der Waals surface area (Å²) in [6.45, 7) is 0.779. The van der Waals surface area contributed by atoms with Crippen LogP contribution in [0.1, 0.15) is 23.3 Å². The van der Waals surface area contributed by atoms with Crippen molar-refractivity contribution in [3.05, 3.63) is 89.9 Å². The molecule has 0 fully saturated rings. The van der Waals surface area contributed by atoms with Crippen molar-refractivity contribution in [2.45, 2.75) is 24.3 Å². The summed E-state index contributed by atoms with van der Waals surface area (Å²) in [5.41, 5.74) is 2.89. The van der Waals surface area contributed by atoms with Gasteiger partial charge in [0.15, 0.2) is 0 Å². The Morgan fingerprint density at radius 1 is 1.07 bits per heavy atom. The Kier molecular flexibility index (Phi) is 5.83. The summed E-state index contributed by atoms with van der Waals surface area (Å²) < 4.78 is 32.4. The number of furan rings is 1. The molecule has 1 amide bonds. The Bertz CT molecular complexity index is 1150. The number of aryl methyl sites for hydroxylation is 1. The fourth-order valence-corrected chi connectivity index (χ4v) is 4.43. The smallest absolute Gasteiger partial charge is 0.250 e. The lowest BCUT2D eigenvalue weighted by Gasteiger charge is -2.28. The van der Waals surface area contributed by atoms with Gasteiger partial charge in [-0.2, -0.15) is 0 Å². The van der Waals surface area contributed by atoms with Gasteiger partial charge in [0.05, 0.1) is 17.7 Å². The number of nitrogens with one attached hydrogen (secondary N) is 1. The van der Waals surface area contributed by atoms with Crippen LogP contribution in [0.5, 0.6) is 0 Å². The van der Waals surface area contributed by atoms with E-state index in [1.807, 2.05) is 18.2 Å². The normalized spacial score (nSPS) is 14.1. The summed E-state index contributed by atoms with van der Waals surface area (Å²) in [7, 11) is -3.64. The predicted molar refractivity (Wildman–Crippen MR) is 115 cm³/mol. The topological polar surface area (TPSA) is 79.6 Å². The monoisotopic (exact) mass is 422 g/mol. The molecule has 7 heteroatoms. The van der Waals surface area contributed by atoms with Crippen molar-refractivity contribution < 1.29 is 17.6 Å². The van der Waals surface area contributed by atoms with E-state index in [0.717, 1.165) is 24.1 Å². The molecule has 0 atom stereocenters. The minimum atomic E-state index is -3.64. The molecule has 0 aliphatic carbocycles. The highest BCUT2D eigenvalue weighted by Crippen LogP contribution is 2.27. The molecule has 0 saturated carbocycles. The van der Waals surface area contributed by atoms with Crippen LogP contribution in [0.4, 0.5) is 5.69 Å². The number of nitrogens with zero attached hydrogens (tertiary/aromatic N) is 1. The minimum absolute atomic E-state index is 0.0843. The van der Waals surface area contributed by atoms with Crippen molar-refractivity contribution in [3.63, 3.8) is 0 Å². The molecule has 154 valence electrons. The zero-order valence-corrected chi connectivity index (χ0v) is 17.1. The van der Waals surface area contributed by atoms with Crippen LogP contribution in [-0.4, -0.2) is 20.9 Å². The largest absolute Gasteiger partial charge is 0.468 e. The number of sulfonamides is 1. The molecule has 1 aromatic heterocycles. The molecule has 0 radical (unpaired) electrons. The first-order valence-electron chi connectivity index (χ1n) is 9.72. The van der Waals surface area contributed by atoms with Crippen LogP contribution in [0.2, 0.25) is 0 Å². The number of fused-ring (bicyclic) bond motifs is 1. The number of benzene rings is 2. The van der Waals surface area contributed by atoms with E-state index in [4.69, 9.17) is 4.42 Å². The van der Waals surface area contributed by atoms with E-state index in [1.54, 1.807) is 35.2 Å². The van der Waals surface area contributed by atoms with Crippen LogP contribution < -0.4 is 9.62 Å². The molecule has 3 aromatic rings. The van der Waals surface area contributed by atoms with Gasteiger partial charge in [-0.3, -0.25) is 4.79 Å². The van der Waals surface area contributed by atoms with E-state index in [0.29, 0.717) is 12.3 Å². The highest BCUT2D eigenvalue weighted by atomic mass is 32.2. The van der Waals surface area contributed by atoms with Crippen LogP contribution in [0, 0.1) is 0 Å². The molecule has 2 aromatic carbocycles. The number of hydrogen-bond donors (Lipinski definition) is 1. The Morgan fingerprint density at radius 2 is 1.87 bits per heavy atom. The first-order chi connectivity index (χ1) is 14.5. The first-order valence-corrected chi connectivity index (χ1v) is 11.2. The number of para-hydroxylation sites is 1. The third-order valence-electron chi connectivity index (χ3n) is 5.00. The second kappa shape index (κ2) is 8.69. The predicted octanol–water partition coefficient (Wildman–Crippen LogP) is 3.75. The third kappa shape index (κ3) is 4.53. The highest BCUT2D eigenvalue weighted by molar-refractivity contribution is 7.89. The molecule has 0 saturated heterocycles. The summed E-state index contributed by atoms with van der Waals surface area (Å²) in [4.78, 5) is 14.6. The molecule has 1 N–H and O–H groups in total. The van der Waals surface area contributed by atoms with Crippen LogP contribution in [0.3, 0.4) is 0 Å². The van der Waals surface area contributed by atoms with Gasteiger partial charge in [-0.25, -0.2) is 13.1 Å². The van der Waals surface area contributed by atoms with E-state index in [2.05, 4.69) is 10.8 Å². The lowest BCUT2D eigenvalue weighted by atomic mass is 10.0. The van der Waals surface area contributed by atoms with Crippen molar-refractivity contribution >= 4 is 27.7 Å². The second-order valence-corrected chi connectivity index (χ2v) is 8.80. The van der Waals surface area contributed by atoms with Gasteiger partial charge in [0.25, 0.3) is 5.91 Å². The fraction of sp³-hybridized carbons (Fsp3) is 0.174. The number of carbonyl (C=O) groups is 1. The SMILES string of the molecule is O=C(C=Cc1ccc(S(=O)(=O)NCc2ccco2)cc1)N1CCCc2ccccc21. The van der Waals surface area contributed by atoms with Gasteiger partial charge in [-0.05, 0) is 60.4 Å². The molecule has 0 spiro atoms. The molecule has 0 bridgehead atoms. The van der Waals surface area contributed by atoms with Crippen LogP contribution >= 0.6 is 0 Å². The van der Waals surface area contributed by atoms with Crippen molar-refractivity contribution in [1.29, 1.82) is 0 Å². The summed E-state index contributed by atoms with van der Waals surface area (Å²) >= 11 is 0. The maximum Gasteiger partial charge on any atom is 0.250 e. The molecule has 6 nitrogen and oxygen atoms in total. The summed E-state index contributed by atoms with van der Waals surface area (Å²) in [5.74, 6) is 0.454. The molecule has 4 rings (SSSR count). The Hall–Kier alpha value is -3.16. The lowest BCUT2D eigenvalue weighted by molar-refractivity contribution is -0.114. The van der Waals surface area contributed by atoms with Crippen LogP contribution in [0.15, 0.2) is 82.3 Å². The number of rotatable bonds is 6. The van der Waals surface area contributed by atoms with Gasteiger partial charge >= 0.3 is 0 Å². The molecule has 30 heavy (non-hydrogen) atoms. The van der Waals surface area contributed by atoms with Crippen molar-refractivity contribution in [1.82, 2.24) is 4.72 Å². The molecule has 2 heterocycles. The average Bonchev–Trinajstić information content (AvgIpc) is 3.30. The number of anilines is 1. The summed E-state index contributed by atoms with van der Waals surface area (Å²) in [6.07, 6.45) is 6.64. The maximum atomic E-state index is 12.7. The molecule has 0 unspecified atom stereocenters. The van der Waals surface area contributed by atoms with Crippen LogP contribution in [-0.2, 0) is 27.8 Å². The van der Waals surface area contributed by atoms with Crippen LogP contribution in [0.25, 0.3) is 6.08 Å². The molecule has 1 aliphatic heterocycles. The quantitative estimate of drug-likeness (QED) is 0.614. The van der Waals surface area contributed by atoms with Crippen molar-refractivity contribution in [3.8, 4) is 0 Å². The number of carbonyl (C=O) groups excluding carboxylic acids is 1. The molecular formula is C23H22N2O4S. The fourth-order valence-electron chi connectivity index (χ4n) is 3.44. The summed E-state index contributed by atoms with van der Waals surface area (Å²) in [6, 6.07) is 17.7. The lowest BCUT2D eigenvalue weighted by Crippen LogP contribution is -2.34. The third-order valence-corrected chi connectivity index (χ3v) is 6.42. The standard InChI is InChI=1S/C23H22N2O4S/c26-23(25-15-3-6-19-5-1-2-8-22(19)25)14-11-18-9-12-21(13-10-18)30(27,28)24-17-20-7-4-16-29-20/h1-2,4-5,7-14,16,24H,3,6,15,17H2. The van der Waals surface area contributed by atoms with E-state index < -0.39 is 10.0 Å². The van der Waals surface area contributed by atoms with Gasteiger partial charge in [0.2, 0.25) is 10.0 Å². The van der Waals surface area contributed by atoms with E-state index >= 15 is 0 Å². The Balaban J connectivity index is 1.42. The summed E-state index contributed by atoms with van der Waals surface area (Å²) in [5, 5.41) is 0. The minimum Gasteiger partial charge on any atom is -0.468 e.